The number of imidazole rings is 1. The zero-order chi connectivity index (χ0) is 13.0. The van der Waals surface area contributed by atoms with E-state index in [0.29, 0.717) is 11.5 Å². The van der Waals surface area contributed by atoms with E-state index in [-0.39, 0.29) is 6.42 Å². The number of hydrogen-bond acceptors (Lipinski definition) is 4. The number of benzene rings is 1. The summed E-state index contributed by atoms with van der Waals surface area (Å²) in [4.78, 5) is 18.5. The number of aromatic amines is 1. The molecule has 2 rings (SSSR count). The number of fused-ring (bicyclic) bond motifs is 1. The molecule has 0 spiro atoms. The van der Waals surface area contributed by atoms with Gasteiger partial charge in [0.25, 0.3) is 5.91 Å². The van der Waals surface area contributed by atoms with Crippen molar-refractivity contribution in [2.24, 2.45) is 5.10 Å². The van der Waals surface area contributed by atoms with Crippen LogP contribution in [0.1, 0.15) is 19.2 Å². The van der Waals surface area contributed by atoms with Gasteiger partial charge in [0.05, 0.1) is 17.1 Å². The lowest BCUT2D eigenvalue weighted by molar-refractivity contribution is -0.120. The first-order valence-corrected chi connectivity index (χ1v) is 5.36. The molecule has 0 radical (unpaired) electrons. The van der Waals surface area contributed by atoms with Crippen LogP contribution < -0.4 is 5.43 Å². The summed E-state index contributed by atoms with van der Waals surface area (Å²) < 4.78 is 0. The van der Waals surface area contributed by atoms with E-state index in [1.807, 2.05) is 24.3 Å². The van der Waals surface area contributed by atoms with E-state index in [1.54, 1.807) is 13.0 Å². The number of nitrogens with one attached hydrogen (secondary N) is 2. The van der Waals surface area contributed by atoms with Crippen molar-refractivity contribution in [3.63, 3.8) is 0 Å². The van der Waals surface area contributed by atoms with Crippen LogP contribution in [-0.2, 0) is 4.79 Å². The van der Waals surface area contributed by atoms with Crippen molar-refractivity contribution in [2.45, 2.75) is 13.3 Å². The maximum absolute atomic E-state index is 11.1. The van der Waals surface area contributed by atoms with Crippen LogP contribution in [0.5, 0.6) is 0 Å². The lowest BCUT2D eigenvalue weighted by Crippen LogP contribution is -2.18. The topological polar surface area (TPSA) is 93.9 Å². The van der Waals surface area contributed by atoms with E-state index in [9.17, 15) is 4.79 Å². The Morgan fingerprint density at radius 3 is 3.06 bits per heavy atom. The van der Waals surface area contributed by atoms with Gasteiger partial charge in [-0.2, -0.15) is 10.4 Å². The van der Waals surface area contributed by atoms with Gasteiger partial charge in [0.1, 0.15) is 12.1 Å². The largest absolute Gasteiger partial charge is 0.337 e. The Hall–Kier alpha value is -2.68. The first-order valence-electron chi connectivity index (χ1n) is 5.36. The molecule has 0 aliphatic rings. The van der Waals surface area contributed by atoms with Crippen molar-refractivity contribution in [1.29, 1.82) is 5.26 Å². The normalized spacial score (nSPS) is 11.2. The number of carbonyl (C=O) groups excluding carboxylic acids is 1. The summed E-state index contributed by atoms with van der Waals surface area (Å²) in [6.07, 6.45) is -0.211. The third-order valence-electron chi connectivity index (χ3n) is 2.32. The lowest BCUT2D eigenvalue weighted by Gasteiger charge is -1.96. The van der Waals surface area contributed by atoms with Crippen LogP contribution in [-0.4, -0.2) is 21.6 Å². The van der Waals surface area contributed by atoms with E-state index >= 15 is 0 Å². The molecule has 0 aliphatic heterocycles. The van der Waals surface area contributed by atoms with Gasteiger partial charge in [0.2, 0.25) is 0 Å². The van der Waals surface area contributed by atoms with Gasteiger partial charge in [-0.15, -0.1) is 0 Å². The van der Waals surface area contributed by atoms with Crippen LogP contribution in [0.25, 0.3) is 11.0 Å². The summed E-state index contributed by atoms with van der Waals surface area (Å²) in [5.41, 5.74) is 4.59. The standard InChI is InChI=1S/C12H11N5O/c1-8(16-17-11(18)6-7-13)12-14-9-4-2-3-5-10(9)15-12/h2-5H,6H2,1H3,(H,14,15)(H,17,18)/b16-8+. The Bertz CT molecular complexity index is 617. The second kappa shape index (κ2) is 5.10. The fourth-order valence-corrected chi connectivity index (χ4v) is 1.43. The molecule has 0 aliphatic carbocycles. The quantitative estimate of drug-likeness (QED) is 0.626. The number of H-pyrrole nitrogens is 1. The SMILES string of the molecule is C/C(=N\NC(=O)CC#N)c1nc2ccccc2[nH]1. The third-order valence-corrected chi connectivity index (χ3v) is 2.32. The number of hydrazone groups is 1. The van der Waals surface area contributed by atoms with E-state index in [1.165, 1.54) is 0 Å². The molecular formula is C12H11N5O. The number of para-hydroxylation sites is 2. The van der Waals surface area contributed by atoms with E-state index in [4.69, 9.17) is 5.26 Å². The van der Waals surface area contributed by atoms with Crippen LogP contribution in [0.15, 0.2) is 29.4 Å². The molecule has 1 amide bonds. The Kier molecular flexibility index (Phi) is 3.34. The molecular weight excluding hydrogens is 230 g/mol. The van der Waals surface area contributed by atoms with E-state index in [2.05, 4.69) is 20.5 Å². The average Bonchev–Trinajstić information content (AvgIpc) is 2.80. The zero-order valence-electron chi connectivity index (χ0n) is 9.77. The fraction of sp³-hybridized carbons (Fsp3) is 0.167. The van der Waals surface area contributed by atoms with Crippen molar-refractivity contribution in [1.82, 2.24) is 15.4 Å². The second-order valence-electron chi connectivity index (χ2n) is 3.67. The lowest BCUT2D eigenvalue weighted by atomic mass is 10.3. The molecule has 2 aromatic rings. The number of nitriles is 1. The van der Waals surface area contributed by atoms with Crippen molar-refractivity contribution in [3.8, 4) is 6.07 Å². The first-order chi connectivity index (χ1) is 8.70. The molecule has 1 heterocycles. The Morgan fingerprint density at radius 1 is 1.56 bits per heavy atom. The summed E-state index contributed by atoms with van der Waals surface area (Å²) in [7, 11) is 0. The summed E-state index contributed by atoms with van der Waals surface area (Å²) in [5.74, 6) is 0.154. The minimum Gasteiger partial charge on any atom is -0.337 e. The molecule has 0 bridgehead atoms. The monoisotopic (exact) mass is 241 g/mol. The van der Waals surface area contributed by atoms with Gasteiger partial charge in [0.15, 0.2) is 5.82 Å². The highest BCUT2D eigenvalue weighted by atomic mass is 16.2. The number of hydrogen-bond donors (Lipinski definition) is 2. The van der Waals surface area contributed by atoms with E-state index in [0.717, 1.165) is 11.0 Å². The van der Waals surface area contributed by atoms with E-state index < -0.39 is 5.91 Å². The predicted octanol–water partition coefficient (Wildman–Crippen LogP) is 1.32. The highest BCUT2D eigenvalue weighted by Crippen LogP contribution is 2.10. The number of amides is 1. The summed E-state index contributed by atoms with van der Waals surface area (Å²) in [5, 5.41) is 12.2. The summed E-state index contributed by atoms with van der Waals surface area (Å²) in [6, 6.07) is 9.35. The first kappa shape index (κ1) is 11.8. The molecule has 1 aromatic heterocycles. The van der Waals surface area contributed by atoms with Crippen LogP contribution >= 0.6 is 0 Å². The maximum atomic E-state index is 11.1. The molecule has 6 heteroatoms. The Labute approximate surface area is 103 Å². The third kappa shape index (κ3) is 2.52. The summed E-state index contributed by atoms with van der Waals surface area (Å²) in [6.45, 7) is 1.73. The predicted molar refractivity (Wildman–Crippen MR) is 66.7 cm³/mol. The van der Waals surface area contributed by atoms with Gasteiger partial charge in [0, 0.05) is 0 Å². The van der Waals surface area contributed by atoms with Crippen molar-refractivity contribution in [2.75, 3.05) is 0 Å². The number of aromatic nitrogens is 2. The van der Waals surface area contributed by atoms with Crippen LogP contribution in [0.2, 0.25) is 0 Å². The number of rotatable bonds is 3. The van der Waals surface area contributed by atoms with Crippen LogP contribution in [0.3, 0.4) is 0 Å². The minimum atomic E-state index is -0.437. The number of carbonyl (C=O) groups is 1. The molecule has 0 saturated carbocycles. The summed E-state index contributed by atoms with van der Waals surface area (Å²) >= 11 is 0. The van der Waals surface area contributed by atoms with Gasteiger partial charge in [-0.1, -0.05) is 12.1 Å². The van der Waals surface area contributed by atoms with Crippen molar-refractivity contribution >= 4 is 22.7 Å². The maximum Gasteiger partial charge on any atom is 0.254 e. The highest BCUT2D eigenvalue weighted by Gasteiger charge is 2.05. The molecule has 6 nitrogen and oxygen atoms in total. The van der Waals surface area contributed by atoms with Gasteiger partial charge in [-0.25, -0.2) is 10.4 Å². The average molecular weight is 241 g/mol. The molecule has 0 unspecified atom stereocenters. The van der Waals surface area contributed by atoms with Crippen LogP contribution in [0.4, 0.5) is 0 Å². The molecule has 18 heavy (non-hydrogen) atoms. The van der Waals surface area contributed by atoms with Gasteiger partial charge in [-0.3, -0.25) is 4.79 Å². The van der Waals surface area contributed by atoms with Crippen LogP contribution in [0, 0.1) is 11.3 Å². The zero-order valence-corrected chi connectivity index (χ0v) is 9.77. The fourth-order valence-electron chi connectivity index (χ4n) is 1.43. The van der Waals surface area contributed by atoms with Gasteiger partial charge >= 0.3 is 0 Å². The second-order valence-corrected chi connectivity index (χ2v) is 3.67. The highest BCUT2D eigenvalue weighted by molar-refractivity contribution is 5.98. The van der Waals surface area contributed by atoms with Gasteiger partial charge < -0.3 is 4.98 Å². The molecule has 0 atom stereocenters. The molecule has 2 N–H and O–H groups in total. The number of nitrogens with zero attached hydrogens (tertiary/aromatic N) is 3. The Morgan fingerprint density at radius 2 is 2.33 bits per heavy atom. The van der Waals surface area contributed by atoms with Crippen molar-refractivity contribution < 1.29 is 4.79 Å². The smallest absolute Gasteiger partial charge is 0.254 e. The molecule has 0 saturated heterocycles. The van der Waals surface area contributed by atoms with Crippen molar-refractivity contribution in [3.05, 3.63) is 30.1 Å². The molecule has 0 fully saturated rings. The Balaban J connectivity index is 2.18. The minimum absolute atomic E-state index is 0.211. The van der Waals surface area contributed by atoms with Gasteiger partial charge in [-0.05, 0) is 19.1 Å². The molecule has 1 aromatic carbocycles. The molecule has 90 valence electrons.